The lowest BCUT2D eigenvalue weighted by Gasteiger charge is -2.19. The summed E-state index contributed by atoms with van der Waals surface area (Å²) in [6, 6.07) is 3.42. The topological polar surface area (TPSA) is 79.4 Å². The second-order valence-corrected chi connectivity index (χ2v) is 7.83. The normalized spacial score (nSPS) is 21.7. The van der Waals surface area contributed by atoms with Crippen molar-refractivity contribution in [1.29, 1.82) is 0 Å². The zero-order valence-corrected chi connectivity index (χ0v) is 15.6. The third kappa shape index (κ3) is 3.42. The van der Waals surface area contributed by atoms with E-state index in [-0.39, 0.29) is 35.3 Å². The molecule has 2 fully saturated rings. The van der Waals surface area contributed by atoms with Crippen LogP contribution in [0.15, 0.2) is 23.6 Å². The van der Waals surface area contributed by atoms with Crippen molar-refractivity contribution in [3.63, 3.8) is 0 Å². The number of carbonyl (C=O) groups excluding carboxylic acids is 3. The van der Waals surface area contributed by atoms with E-state index in [4.69, 9.17) is 0 Å². The molecule has 0 radical (unpaired) electrons. The molecule has 4 rings (SSSR count). The van der Waals surface area contributed by atoms with Crippen molar-refractivity contribution in [2.75, 3.05) is 11.9 Å². The zero-order chi connectivity index (χ0) is 19.8. The number of likely N-dealkylation sites (tertiary alicyclic amines) is 1. The number of anilines is 1. The lowest BCUT2D eigenvalue weighted by atomic mass is 9.81. The van der Waals surface area contributed by atoms with Crippen molar-refractivity contribution in [2.45, 2.75) is 25.7 Å². The van der Waals surface area contributed by atoms with Gasteiger partial charge in [0, 0.05) is 10.9 Å². The first kappa shape index (κ1) is 18.7. The number of hydrogen-bond acceptors (Lipinski definition) is 5. The van der Waals surface area contributed by atoms with Gasteiger partial charge in [-0.05, 0) is 31.0 Å². The van der Waals surface area contributed by atoms with Crippen molar-refractivity contribution < 1.29 is 23.2 Å². The van der Waals surface area contributed by atoms with Crippen LogP contribution in [-0.4, -0.2) is 34.2 Å². The van der Waals surface area contributed by atoms with Gasteiger partial charge in [0.2, 0.25) is 17.7 Å². The first-order chi connectivity index (χ1) is 13.4. The highest BCUT2D eigenvalue weighted by atomic mass is 32.1. The molecule has 9 heteroatoms. The maximum Gasteiger partial charge on any atom is 0.246 e. The van der Waals surface area contributed by atoms with Crippen LogP contribution in [-0.2, 0) is 14.4 Å². The van der Waals surface area contributed by atoms with E-state index in [0.29, 0.717) is 24.1 Å². The van der Waals surface area contributed by atoms with Crippen LogP contribution in [0.2, 0.25) is 0 Å². The Bertz CT molecular complexity index is 938. The summed E-state index contributed by atoms with van der Waals surface area (Å²) in [5, 5.41) is 4.41. The van der Waals surface area contributed by atoms with Crippen LogP contribution in [0.3, 0.4) is 0 Å². The SMILES string of the molecule is O=C(CN1C(=O)[C@@H]2CCCC[C@H]2C1=O)Nc1nc(-c2ccc(F)c(F)c2)cs1. The summed E-state index contributed by atoms with van der Waals surface area (Å²) >= 11 is 1.11. The van der Waals surface area contributed by atoms with Crippen LogP contribution in [0.5, 0.6) is 0 Å². The highest BCUT2D eigenvalue weighted by molar-refractivity contribution is 7.14. The molecule has 1 aromatic heterocycles. The number of nitrogens with one attached hydrogen (secondary N) is 1. The van der Waals surface area contributed by atoms with Crippen LogP contribution in [0.4, 0.5) is 13.9 Å². The summed E-state index contributed by atoms with van der Waals surface area (Å²) in [6.45, 7) is -0.343. The van der Waals surface area contributed by atoms with Gasteiger partial charge < -0.3 is 5.32 Å². The molecule has 1 aliphatic carbocycles. The Morgan fingerprint density at radius 2 is 1.82 bits per heavy atom. The van der Waals surface area contributed by atoms with Gasteiger partial charge in [-0.1, -0.05) is 12.8 Å². The van der Waals surface area contributed by atoms with Gasteiger partial charge in [0.15, 0.2) is 16.8 Å². The fourth-order valence-electron chi connectivity index (χ4n) is 3.81. The van der Waals surface area contributed by atoms with E-state index in [2.05, 4.69) is 10.3 Å². The number of fused-ring (bicyclic) bond motifs is 1. The van der Waals surface area contributed by atoms with E-state index < -0.39 is 17.5 Å². The molecule has 1 aromatic carbocycles. The Kier molecular flexibility index (Phi) is 4.92. The second kappa shape index (κ2) is 7.38. The molecule has 6 nitrogen and oxygen atoms in total. The highest BCUT2D eigenvalue weighted by Gasteiger charge is 2.48. The van der Waals surface area contributed by atoms with Gasteiger partial charge in [-0.15, -0.1) is 11.3 Å². The van der Waals surface area contributed by atoms with E-state index in [1.807, 2.05) is 0 Å². The van der Waals surface area contributed by atoms with Crippen molar-refractivity contribution in [3.8, 4) is 11.3 Å². The molecule has 146 valence electrons. The number of carbonyl (C=O) groups is 3. The molecule has 1 saturated carbocycles. The molecule has 1 N–H and O–H groups in total. The maximum absolute atomic E-state index is 13.4. The molecule has 1 saturated heterocycles. The van der Waals surface area contributed by atoms with E-state index in [1.165, 1.54) is 6.07 Å². The predicted octanol–water partition coefficient (Wildman–Crippen LogP) is 3.20. The van der Waals surface area contributed by atoms with E-state index >= 15 is 0 Å². The number of nitrogens with zero attached hydrogens (tertiary/aromatic N) is 2. The van der Waals surface area contributed by atoms with Gasteiger partial charge in [0.05, 0.1) is 17.5 Å². The minimum Gasteiger partial charge on any atom is -0.300 e. The minimum atomic E-state index is -0.983. The monoisotopic (exact) mass is 405 g/mol. The van der Waals surface area contributed by atoms with Crippen molar-refractivity contribution >= 4 is 34.2 Å². The summed E-state index contributed by atoms with van der Waals surface area (Å²) in [7, 11) is 0. The molecule has 2 aliphatic rings. The first-order valence-electron chi connectivity index (χ1n) is 9.00. The molecule has 3 amide bonds. The quantitative estimate of drug-likeness (QED) is 0.793. The lowest BCUT2D eigenvalue weighted by Crippen LogP contribution is -2.38. The number of hydrogen-bond donors (Lipinski definition) is 1. The van der Waals surface area contributed by atoms with E-state index in [0.717, 1.165) is 41.2 Å². The van der Waals surface area contributed by atoms with Gasteiger partial charge >= 0.3 is 0 Å². The van der Waals surface area contributed by atoms with Gasteiger partial charge in [-0.3, -0.25) is 19.3 Å². The molecule has 2 atom stereocenters. The van der Waals surface area contributed by atoms with Crippen molar-refractivity contribution in [3.05, 3.63) is 35.2 Å². The Morgan fingerprint density at radius 3 is 2.46 bits per heavy atom. The summed E-state index contributed by atoms with van der Waals surface area (Å²) in [4.78, 5) is 42.4. The average molecular weight is 405 g/mol. The molecule has 1 aliphatic heterocycles. The van der Waals surface area contributed by atoms with Gasteiger partial charge in [0.25, 0.3) is 0 Å². The predicted molar refractivity (Wildman–Crippen MR) is 98.3 cm³/mol. The van der Waals surface area contributed by atoms with Crippen LogP contribution >= 0.6 is 11.3 Å². The molecular weight excluding hydrogens is 388 g/mol. The maximum atomic E-state index is 13.4. The van der Waals surface area contributed by atoms with Gasteiger partial charge in [-0.2, -0.15) is 0 Å². The molecule has 2 aromatic rings. The number of imide groups is 1. The number of halogens is 2. The van der Waals surface area contributed by atoms with Crippen molar-refractivity contribution in [1.82, 2.24) is 9.88 Å². The third-order valence-corrected chi connectivity index (χ3v) is 5.96. The fourth-order valence-corrected chi connectivity index (χ4v) is 4.54. The number of amides is 3. The van der Waals surface area contributed by atoms with Gasteiger partial charge in [0.1, 0.15) is 6.54 Å². The van der Waals surface area contributed by atoms with Crippen LogP contribution in [0.25, 0.3) is 11.3 Å². The number of thiazole rings is 1. The second-order valence-electron chi connectivity index (χ2n) is 6.98. The summed E-state index contributed by atoms with van der Waals surface area (Å²) in [5.41, 5.74) is 0.767. The highest BCUT2D eigenvalue weighted by Crippen LogP contribution is 2.38. The number of aromatic nitrogens is 1. The molecule has 0 unspecified atom stereocenters. The fraction of sp³-hybridized carbons (Fsp3) is 0.368. The van der Waals surface area contributed by atoms with Gasteiger partial charge in [-0.25, -0.2) is 13.8 Å². The molecule has 28 heavy (non-hydrogen) atoms. The van der Waals surface area contributed by atoms with Crippen LogP contribution in [0, 0.1) is 23.5 Å². The molecule has 2 heterocycles. The third-order valence-electron chi connectivity index (χ3n) is 5.20. The smallest absolute Gasteiger partial charge is 0.246 e. The Balaban J connectivity index is 1.42. The summed E-state index contributed by atoms with van der Waals surface area (Å²) in [6.07, 6.45) is 3.23. The minimum absolute atomic E-state index is 0.251. The molecular formula is C19H17F2N3O3S. The summed E-state index contributed by atoms with van der Waals surface area (Å²) in [5.74, 6) is -3.59. The largest absolute Gasteiger partial charge is 0.300 e. The lowest BCUT2D eigenvalue weighted by molar-refractivity contribution is -0.142. The molecule has 0 spiro atoms. The Hall–Kier alpha value is -2.68. The summed E-state index contributed by atoms with van der Waals surface area (Å²) < 4.78 is 26.4. The number of rotatable bonds is 4. The number of benzene rings is 1. The first-order valence-corrected chi connectivity index (χ1v) is 9.88. The molecule has 0 bridgehead atoms. The Labute approximate surface area is 163 Å². The average Bonchev–Trinajstić information content (AvgIpc) is 3.23. The standard InChI is InChI=1S/C19H17F2N3O3S/c20-13-6-5-10(7-14(13)21)15-9-28-19(22-15)23-16(25)8-24-17(26)11-3-1-2-4-12(11)18(24)27/h5-7,9,11-12H,1-4,8H2,(H,22,23,25)/t11-,12-/m1/s1. The van der Waals surface area contributed by atoms with E-state index in [1.54, 1.807) is 5.38 Å². The van der Waals surface area contributed by atoms with Crippen molar-refractivity contribution in [2.24, 2.45) is 11.8 Å². The zero-order valence-electron chi connectivity index (χ0n) is 14.8. The van der Waals surface area contributed by atoms with Crippen LogP contribution < -0.4 is 5.32 Å². The van der Waals surface area contributed by atoms with E-state index in [9.17, 15) is 23.2 Å². The van der Waals surface area contributed by atoms with Crippen LogP contribution in [0.1, 0.15) is 25.7 Å². The Morgan fingerprint density at radius 1 is 1.14 bits per heavy atom.